The SMILES string of the molecule is C/C=C(/C)C(=O)OC1C(C)C2(O)C(C=C(CO)CC3(O)C(=O)C(C)=CC32)C2C(C)(C)C12OC(=O)/C(C)=C\C. The van der Waals surface area contributed by atoms with Crippen LogP contribution >= 0.6 is 0 Å². The number of aliphatic hydroxyl groups excluding tert-OH is 1. The van der Waals surface area contributed by atoms with Gasteiger partial charge in [0.1, 0.15) is 11.7 Å². The lowest BCUT2D eigenvalue weighted by atomic mass is 9.59. The number of hydrogen-bond acceptors (Lipinski definition) is 8. The number of esters is 2. The number of Topliss-reactive ketones (excluding diaryl/α,β-unsaturated/α-hetero) is 1. The summed E-state index contributed by atoms with van der Waals surface area (Å²) in [6, 6.07) is 0. The topological polar surface area (TPSA) is 130 Å². The third-order valence-electron chi connectivity index (χ3n) is 9.96. The van der Waals surface area contributed by atoms with E-state index in [4.69, 9.17) is 9.47 Å². The second-order valence-electron chi connectivity index (χ2n) is 12.1. The number of hydrogen-bond donors (Lipinski definition) is 3. The Bertz CT molecular complexity index is 1200. The van der Waals surface area contributed by atoms with Crippen molar-refractivity contribution in [1.82, 2.24) is 0 Å². The molecule has 2 saturated carbocycles. The fourth-order valence-electron chi connectivity index (χ4n) is 7.50. The summed E-state index contributed by atoms with van der Waals surface area (Å²) in [5.74, 6) is -4.76. The summed E-state index contributed by atoms with van der Waals surface area (Å²) in [5.41, 5.74) is -4.24. The van der Waals surface area contributed by atoms with E-state index in [1.54, 1.807) is 65.8 Å². The normalized spacial score (nSPS) is 41.7. The Morgan fingerprint density at radius 1 is 1.08 bits per heavy atom. The maximum absolute atomic E-state index is 13.2. The monoisotopic (exact) mass is 528 g/mol. The molecule has 0 bridgehead atoms. The lowest BCUT2D eigenvalue weighted by Crippen LogP contribution is -2.66. The van der Waals surface area contributed by atoms with E-state index in [9.17, 15) is 29.7 Å². The van der Waals surface area contributed by atoms with Crippen molar-refractivity contribution in [3.63, 3.8) is 0 Å². The van der Waals surface area contributed by atoms with Crippen molar-refractivity contribution in [3.05, 3.63) is 46.6 Å². The van der Waals surface area contributed by atoms with Gasteiger partial charge in [-0.1, -0.05) is 45.1 Å². The van der Waals surface area contributed by atoms with Crippen LogP contribution in [0.2, 0.25) is 0 Å². The van der Waals surface area contributed by atoms with Crippen molar-refractivity contribution in [1.29, 1.82) is 0 Å². The minimum atomic E-state index is -1.96. The molecule has 3 N–H and O–H groups in total. The first-order valence-corrected chi connectivity index (χ1v) is 13.3. The molecule has 0 amide bonds. The molecule has 0 aromatic heterocycles. The maximum atomic E-state index is 13.2. The molecule has 4 aliphatic carbocycles. The van der Waals surface area contributed by atoms with Gasteiger partial charge in [0.15, 0.2) is 11.4 Å². The van der Waals surface area contributed by atoms with Crippen molar-refractivity contribution in [2.45, 2.75) is 84.7 Å². The fraction of sp³-hybridized carbons (Fsp3) is 0.633. The van der Waals surface area contributed by atoms with Crippen LogP contribution in [-0.4, -0.2) is 62.6 Å². The average Bonchev–Trinajstić information content (AvgIpc) is 3.30. The zero-order chi connectivity index (χ0) is 28.6. The van der Waals surface area contributed by atoms with Crippen LogP contribution in [-0.2, 0) is 23.9 Å². The highest BCUT2D eigenvalue weighted by Gasteiger charge is 2.88. The summed E-state index contributed by atoms with van der Waals surface area (Å²) in [6.07, 6.45) is 5.40. The Hall–Kier alpha value is -2.55. The molecule has 0 heterocycles. The summed E-state index contributed by atoms with van der Waals surface area (Å²) < 4.78 is 12.3. The molecule has 0 radical (unpaired) electrons. The molecule has 4 rings (SSSR count). The van der Waals surface area contributed by atoms with Gasteiger partial charge in [-0.2, -0.15) is 0 Å². The van der Waals surface area contributed by atoms with Crippen LogP contribution in [0.1, 0.15) is 61.8 Å². The van der Waals surface area contributed by atoms with Gasteiger partial charge in [0.2, 0.25) is 0 Å². The summed E-state index contributed by atoms with van der Waals surface area (Å²) >= 11 is 0. The smallest absolute Gasteiger partial charge is 0.334 e. The van der Waals surface area contributed by atoms with E-state index in [-0.39, 0.29) is 6.42 Å². The Kier molecular flexibility index (Phi) is 6.74. The van der Waals surface area contributed by atoms with Gasteiger partial charge >= 0.3 is 11.9 Å². The highest BCUT2D eigenvalue weighted by atomic mass is 16.6. The van der Waals surface area contributed by atoms with Crippen molar-refractivity contribution in [2.75, 3.05) is 6.61 Å². The molecule has 2 fully saturated rings. The first-order chi connectivity index (χ1) is 17.6. The molecule has 4 aliphatic rings. The van der Waals surface area contributed by atoms with E-state index in [1.165, 1.54) is 0 Å². The van der Waals surface area contributed by atoms with Crippen LogP contribution in [0.25, 0.3) is 0 Å². The number of carbonyl (C=O) groups excluding carboxylic acids is 3. The Balaban J connectivity index is 1.96. The van der Waals surface area contributed by atoms with E-state index in [0.717, 1.165) is 0 Å². The molecule has 8 heteroatoms. The minimum Gasteiger partial charge on any atom is -0.454 e. The third-order valence-corrected chi connectivity index (χ3v) is 9.96. The Morgan fingerprint density at radius 2 is 1.66 bits per heavy atom. The highest BCUT2D eigenvalue weighted by molar-refractivity contribution is 6.05. The van der Waals surface area contributed by atoms with Crippen LogP contribution < -0.4 is 0 Å². The highest BCUT2D eigenvalue weighted by Crippen LogP contribution is 2.77. The standard InChI is InChI=1S/C30H40O8/c1-9-15(3)25(33)37-24-18(6)29(36)20(22-27(7,8)30(22,24)38-26(34)16(4)10-2)12-19(14-31)13-28(35)21(29)11-17(5)23(28)32/h9-12,18,20-22,24,31,35-36H,13-14H2,1-8H3/b15-9-,16-10-. The second kappa shape index (κ2) is 9.00. The summed E-state index contributed by atoms with van der Waals surface area (Å²) in [4.78, 5) is 39.5. The molecule has 38 heavy (non-hydrogen) atoms. The summed E-state index contributed by atoms with van der Waals surface area (Å²) in [5, 5.41) is 34.7. The molecular weight excluding hydrogens is 488 g/mol. The Labute approximate surface area is 224 Å². The third kappa shape index (κ3) is 3.49. The molecule has 0 aromatic carbocycles. The van der Waals surface area contributed by atoms with Gasteiger partial charge in [0.05, 0.1) is 12.2 Å². The van der Waals surface area contributed by atoms with Gasteiger partial charge in [-0.25, -0.2) is 9.59 Å². The fourth-order valence-corrected chi connectivity index (χ4v) is 7.50. The first-order valence-electron chi connectivity index (χ1n) is 13.3. The van der Waals surface area contributed by atoms with E-state index >= 15 is 0 Å². The number of aliphatic hydroxyl groups is 3. The predicted octanol–water partition coefficient (Wildman–Crippen LogP) is 2.96. The minimum absolute atomic E-state index is 0.133. The molecule has 0 aromatic rings. The number of allylic oxidation sites excluding steroid dienone is 2. The number of rotatable bonds is 5. The van der Waals surface area contributed by atoms with Crippen LogP contribution in [0.15, 0.2) is 46.6 Å². The van der Waals surface area contributed by atoms with Crippen molar-refractivity contribution in [3.8, 4) is 0 Å². The van der Waals surface area contributed by atoms with Gasteiger partial charge in [-0.3, -0.25) is 4.79 Å². The van der Waals surface area contributed by atoms with E-state index < -0.39 is 76.3 Å². The zero-order valence-electron chi connectivity index (χ0n) is 23.5. The Morgan fingerprint density at radius 3 is 2.21 bits per heavy atom. The largest absolute Gasteiger partial charge is 0.454 e. The van der Waals surface area contributed by atoms with E-state index in [2.05, 4.69) is 0 Å². The van der Waals surface area contributed by atoms with Crippen molar-refractivity contribution >= 4 is 17.7 Å². The molecule has 8 atom stereocenters. The second-order valence-corrected chi connectivity index (χ2v) is 12.1. The average molecular weight is 529 g/mol. The van der Waals surface area contributed by atoms with Gasteiger partial charge in [0, 0.05) is 46.7 Å². The molecule has 0 saturated heterocycles. The number of ketones is 1. The van der Waals surface area contributed by atoms with Crippen LogP contribution in [0, 0.1) is 29.1 Å². The van der Waals surface area contributed by atoms with Crippen LogP contribution in [0.3, 0.4) is 0 Å². The number of carbonyl (C=O) groups is 3. The molecule has 0 spiro atoms. The van der Waals surface area contributed by atoms with Crippen molar-refractivity contribution in [2.24, 2.45) is 29.1 Å². The molecule has 208 valence electrons. The summed E-state index contributed by atoms with van der Waals surface area (Å²) in [6.45, 7) is 13.4. The van der Waals surface area contributed by atoms with E-state index in [0.29, 0.717) is 22.3 Å². The van der Waals surface area contributed by atoms with Crippen LogP contribution in [0.4, 0.5) is 0 Å². The molecule has 8 unspecified atom stereocenters. The number of fused-ring (bicyclic) bond motifs is 5. The van der Waals surface area contributed by atoms with Crippen LogP contribution in [0.5, 0.6) is 0 Å². The molecule has 8 nitrogen and oxygen atoms in total. The molecule has 0 aliphatic heterocycles. The van der Waals surface area contributed by atoms with Gasteiger partial charge in [-0.05, 0) is 45.8 Å². The first kappa shape index (κ1) is 28.5. The van der Waals surface area contributed by atoms with Gasteiger partial charge in [0.25, 0.3) is 0 Å². The molecular formula is C30H40O8. The van der Waals surface area contributed by atoms with Gasteiger partial charge in [-0.15, -0.1) is 0 Å². The maximum Gasteiger partial charge on any atom is 0.334 e. The zero-order valence-corrected chi connectivity index (χ0v) is 23.5. The lowest BCUT2D eigenvalue weighted by Gasteiger charge is -2.53. The van der Waals surface area contributed by atoms with E-state index in [1.807, 2.05) is 13.8 Å². The van der Waals surface area contributed by atoms with Crippen molar-refractivity contribution < 1.29 is 39.2 Å². The summed E-state index contributed by atoms with van der Waals surface area (Å²) in [7, 11) is 0. The quantitative estimate of drug-likeness (QED) is 0.282. The predicted molar refractivity (Wildman–Crippen MR) is 139 cm³/mol. The van der Waals surface area contributed by atoms with Gasteiger partial charge < -0.3 is 24.8 Å². The lowest BCUT2D eigenvalue weighted by molar-refractivity contribution is -0.226. The number of ether oxygens (including phenoxy) is 2.